The summed E-state index contributed by atoms with van der Waals surface area (Å²) in [5, 5.41) is 13.4. The summed E-state index contributed by atoms with van der Waals surface area (Å²) >= 11 is 0. The van der Waals surface area contributed by atoms with Crippen molar-refractivity contribution in [1.29, 1.82) is 0 Å². The number of benzene rings is 1. The van der Waals surface area contributed by atoms with Gasteiger partial charge in [0.25, 0.3) is 0 Å². The normalized spacial score (nSPS) is 15.4. The molecule has 16 heavy (non-hydrogen) atoms. The first-order valence-corrected chi connectivity index (χ1v) is 4.82. The third kappa shape index (κ3) is 1.68. The molecule has 0 saturated carbocycles. The SMILES string of the molecule is C#CCO/N=C1\COc2c1ccc(O)c2C. The van der Waals surface area contributed by atoms with E-state index in [-0.39, 0.29) is 12.4 Å². The molecule has 0 fully saturated rings. The van der Waals surface area contributed by atoms with Crippen LogP contribution in [-0.4, -0.2) is 24.0 Å². The second kappa shape index (κ2) is 4.15. The van der Waals surface area contributed by atoms with E-state index >= 15 is 0 Å². The van der Waals surface area contributed by atoms with Gasteiger partial charge in [-0.1, -0.05) is 11.1 Å². The van der Waals surface area contributed by atoms with E-state index < -0.39 is 0 Å². The van der Waals surface area contributed by atoms with Gasteiger partial charge in [-0.05, 0) is 19.1 Å². The van der Waals surface area contributed by atoms with Gasteiger partial charge in [-0.15, -0.1) is 6.42 Å². The number of hydrogen-bond donors (Lipinski definition) is 1. The summed E-state index contributed by atoms with van der Waals surface area (Å²) in [7, 11) is 0. The molecule has 1 aliphatic rings. The molecule has 0 bridgehead atoms. The van der Waals surface area contributed by atoms with Crippen LogP contribution in [0.25, 0.3) is 0 Å². The van der Waals surface area contributed by atoms with Crippen LogP contribution in [0.3, 0.4) is 0 Å². The zero-order chi connectivity index (χ0) is 11.5. The standard InChI is InChI=1S/C12H11NO3/c1-3-6-16-13-10-7-15-12-8(2)11(14)5-4-9(10)12/h1,4-5,14H,6-7H2,2H3/b13-10+. The van der Waals surface area contributed by atoms with Crippen molar-refractivity contribution in [3.63, 3.8) is 0 Å². The first kappa shape index (κ1) is 10.4. The van der Waals surface area contributed by atoms with Crippen LogP contribution in [-0.2, 0) is 4.84 Å². The lowest BCUT2D eigenvalue weighted by Crippen LogP contribution is -2.03. The number of phenolic OH excluding ortho intramolecular Hbond substituents is 1. The quantitative estimate of drug-likeness (QED) is 0.463. The fraction of sp³-hybridized carbons (Fsp3) is 0.250. The fourth-order valence-electron chi connectivity index (χ4n) is 1.54. The second-order valence-corrected chi connectivity index (χ2v) is 3.39. The number of nitrogens with zero attached hydrogens (tertiary/aromatic N) is 1. The lowest BCUT2D eigenvalue weighted by Gasteiger charge is -2.03. The minimum absolute atomic E-state index is 0.135. The maximum atomic E-state index is 9.51. The zero-order valence-electron chi connectivity index (χ0n) is 8.86. The van der Waals surface area contributed by atoms with Gasteiger partial charge in [0.1, 0.15) is 23.8 Å². The monoisotopic (exact) mass is 217 g/mol. The van der Waals surface area contributed by atoms with Crippen LogP contribution in [0.15, 0.2) is 17.3 Å². The van der Waals surface area contributed by atoms with Gasteiger partial charge in [-0.3, -0.25) is 0 Å². The molecular weight excluding hydrogens is 206 g/mol. The molecule has 0 atom stereocenters. The van der Waals surface area contributed by atoms with E-state index in [1.54, 1.807) is 19.1 Å². The molecule has 2 rings (SSSR count). The van der Waals surface area contributed by atoms with Crippen molar-refractivity contribution in [1.82, 2.24) is 0 Å². The topological polar surface area (TPSA) is 51.0 Å². The molecule has 0 saturated heterocycles. The van der Waals surface area contributed by atoms with Crippen LogP contribution in [0.4, 0.5) is 0 Å². The molecular formula is C12H11NO3. The Morgan fingerprint density at radius 1 is 1.62 bits per heavy atom. The lowest BCUT2D eigenvalue weighted by atomic mass is 10.1. The molecule has 1 N–H and O–H groups in total. The van der Waals surface area contributed by atoms with Gasteiger partial charge < -0.3 is 14.7 Å². The predicted molar refractivity (Wildman–Crippen MR) is 59.7 cm³/mol. The van der Waals surface area contributed by atoms with E-state index in [1.807, 2.05) is 0 Å². The molecule has 0 aromatic heterocycles. The highest BCUT2D eigenvalue weighted by molar-refractivity contribution is 6.06. The summed E-state index contributed by atoms with van der Waals surface area (Å²) in [4.78, 5) is 4.90. The Morgan fingerprint density at radius 3 is 3.19 bits per heavy atom. The van der Waals surface area contributed by atoms with Crippen molar-refractivity contribution in [2.45, 2.75) is 6.92 Å². The fourth-order valence-corrected chi connectivity index (χ4v) is 1.54. The maximum Gasteiger partial charge on any atom is 0.177 e. The summed E-state index contributed by atoms with van der Waals surface area (Å²) < 4.78 is 5.43. The molecule has 1 aliphatic heterocycles. The molecule has 0 radical (unpaired) electrons. The van der Waals surface area contributed by atoms with Gasteiger partial charge >= 0.3 is 0 Å². The van der Waals surface area contributed by atoms with Crippen LogP contribution in [0.2, 0.25) is 0 Å². The third-order valence-electron chi connectivity index (χ3n) is 2.36. The first-order valence-electron chi connectivity index (χ1n) is 4.82. The van der Waals surface area contributed by atoms with Crippen molar-refractivity contribution in [2.24, 2.45) is 5.16 Å². The Bertz CT molecular complexity index is 486. The minimum Gasteiger partial charge on any atom is -0.508 e. The molecule has 1 aromatic rings. The van der Waals surface area contributed by atoms with E-state index in [4.69, 9.17) is 16.0 Å². The predicted octanol–water partition coefficient (Wildman–Crippen LogP) is 1.45. The van der Waals surface area contributed by atoms with Crippen molar-refractivity contribution in [3.8, 4) is 23.8 Å². The summed E-state index contributed by atoms with van der Waals surface area (Å²) in [6.07, 6.45) is 5.04. The van der Waals surface area contributed by atoms with E-state index in [0.717, 1.165) is 5.56 Å². The Kier molecular flexibility index (Phi) is 2.69. The molecule has 0 unspecified atom stereocenters. The van der Waals surface area contributed by atoms with E-state index in [1.165, 1.54) is 0 Å². The smallest absolute Gasteiger partial charge is 0.177 e. The lowest BCUT2D eigenvalue weighted by molar-refractivity contribution is 0.178. The van der Waals surface area contributed by atoms with Gasteiger partial charge in [0.15, 0.2) is 6.61 Å². The highest BCUT2D eigenvalue weighted by atomic mass is 16.6. The van der Waals surface area contributed by atoms with Gasteiger partial charge in [0.2, 0.25) is 0 Å². The number of aromatic hydroxyl groups is 1. The van der Waals surface area contributed by atoms with Crippen LogP contribution < -0.4 is 4.74 Å². The number of fused-ring (bicyclic) bond motifs is 1. The van der Waals surface area contributed by atoms with Crippen molar-refractivity contribution in [2.75, 3.05) is 13.2 Å². The Labute approximate surface area is 93.5 Å². The van der Waals surface area contributed by atoms with Gasteiger partial charge in [0.05, 0.1) is 0 Å². The minimum atomic E-state index is 0.135. The zero-order valence-corrected chi connectivity index (χ0v) is 8.86. The Hall–Kier alpha value is -2.15. The molecule has 0 spiro atoms. The second-order valence-electron chi connectivity index (χ2n) is 3.39. The Balaban J connectivity index is 2.31. The van der Waals surface area contributed by atoms with Crippen LogP contribution >= 0.6 is 0 Å². The molecule has 4 nitrogen and oxygen atoms in total. The van der Waals surface area contributed by atoms with Crippen molar-refractivity contribution >= 4 is 5.71 Å². The number of phenols is 1. The molecule has 4 heteroatoms. The highest BCUT2D eigenvalue weighted by Crippen LogP contribution is 2.34. The third-order valence-corrected chi connectivity index (χ3v) is 2.36. The maximum absolute atomic E-state index is 9.51. The average Bonchev–Trinajstić information content (AvgIpc) is 2.68. The Morgan fingerprint density at radius 2 is 2.44 bits per heavy atom. The molecule has 1 aromatic carbocycles. The summed E-state index contributed by atoms with van der Waals surface area (Å²) in [6, 6.07) is 3.36. The average molecular weight is 217 g/mol. The molecule has 82 valence electrons. The van der Waals surface area contributed by atoms with Gasteiger partial charge in [-0.25, -0.2) is 0 Å². The van der Waals surface area contributed by atoms with Gasteiger partial charge in [0, 0.05) is 11.1 Å². The summed E-state index contributed by atoms with van der Waals surface area (Å²) in [5.41, 5.74) is 2.24. The van der Waals surface area contributed by atoms with Crippen LogP contribution in [0.1, 0.15) is 11.1 Å². The van der Waals surface area contributed by atoms with Crippen molar-refractivity contribution < 1.29 is 14.7 Å². The number of hydrogen-bond acceptors (Lipinski definition) is 4. The number of oxime groups is 1. The number of terminal acetylenes is 1. The van der Waals surface area contributed by atoms with E-state index in [9.17, 15) is 5.11 Å². The summed E-state index contributed by atoms with van der Waals surface area (Å²) in [6.45, 7) is 2.26. The molecule has 0 amide bonds. The van der Waals surface area contributed by atoms with E-state index in [2.05, 4.69) is 11.1 Å². The van der Waals surface area contributed by atoms with Crippen molar-refractivity contribution in [3.05, 3.63) is 23.3 Å². The molecule has 0 aliphatic carbocycles. The van der Waals surface area contributed by atoms with E-state index in [0.29, 0.717) is 23.6 Å². The van der Waals surface area contributed by atoms with Crippen LogP contribution in [0.5, 0.6) is 11.5 Å². The van der Waals surface area contributed by atoms with Gasteiger partial charge in [-0.2, -0.15) is 0 Å². The highest BCUT2D eigenvalue weighted by Gasteiger charge is 2.23. The largest absolute Gasteiger partial charge is 0.508 e. The molecule has 1 heterocycles. The van der Waals surface area contributed by atoms with Crippen LogP contribution in [0, 0.1) is 19.3 Å². The number of ether oxygens (including phenoxy) is 1. The first-order chi connectivity index (χ1) is 7.74. The number of rotatable bonds is 2. The summed E-state index contributed by atoms with van der Waals surface area (Å²) in [5.74, 6) is 3.19.